The molecule has 3 aliphatic rings. The maximum atomic E-state index is 9.17. The van der Waals surface area contributed by atoms with Crippen LogP contribution >= 0.6 is 11.3 Å². The van der Waals surface area contributed by atoms with E-state index in [1.54, 1.807) is 0 Å². The summed E-state index contributed by atoms with van der Waals surface area (Å²) >= 11 is 1.87. The van der Waals surface area contributed by atoms with Gasteiger partial charge in [-0.2, -0.15) is 5.26 Å². The quantitative estimate of drug-likeness (QED) is 0.190. The second-order valence-corrected chi connectivity index (χ2v) is 13.8. The van der Waals surface area contributed by atoms with Crippen LogP contribution < -0.4 is 0 Å². The van der Waals surface area contributed by atoms with Crippen molar-refractivity contribution in [3.8, 4) is 28.3 Å². The number of hydrogen-bond acceptors (Lipinski definition) is 2. The monoisotopic (exact) mass is 629 g/mol. The normalized spacial score (nSPS) is 16.9. The van der Waals surface area contributed by atoms with Crippen molar-refractivity contribution >= 4 is 42.7 Å². The van der Waals surface area contributed by atoms with E-state index in [1.807, 2.05) is 35.6 Å². The molecule has 1 aromatic heterocycles. The third-order valence-electron chi connectivity index (χ3n) is 10.1. The van der Waals surface area contributed by atoms with Crippen LogP contribution in [0.3, 0.4) is 0 Å². The van der Waals surface area contributed by atoms with Gasteiger partial charge in [0.15, 0.2) is 0 Å². The average Bonchev–Trinajstić information content (AvgIpc) is 3.39. The number of nitrogens with zero attached hydrogens (tertiary/aromatic N) is 1. The van der Waals surface area contributed by atoms with E-state index >= 15 is 0 Å². The fourth-order valence-electron chi connectivity index (χ4n) is 7.50. The largest absolute Gasteiger partial charge is 0.192 e. The van der Waals surface area contributed by atoms with Crippen LogP contribution in [0.2, 0.25) is 0 Å². The first kappa shape index (κ1) is 28.5. The molecule has 9 rings (SSSR count). The van der Waals surface area contributed by atoms with E-state index in [2.05, 4.69) is 140 Å². The van der Waals surface area contributed by atoms with Crippen LogP contribution in [0.1, 0.15) is 29.5 Å². The zero-order valence-corrected chi connectivity index (χ0v) is 27.2. The van der Waals surface area contributed by atoms with Gasteiger partial charge in [0.25, 0.3) is 0 Å². The van der Waals surface area contributed by atoms with Gasteiger partial charge < -0.3 is 0 Å². The topological polar surface area (TPSA) is 23.8 Å². The van der Waals surface area contributed by atoms with E-state index < -0.39 is 0 Å². The van der Waals surface area contributed by atoms with Crippen LogP contribution in [-0.4, -0.2) is 0 Å². The Morgan fingerprint density at radius 1 is 0.625 bits per heavy atom. The predicted molar refractivity (Wildman–Crippen MR) is 203 cm³/mol. The van der Waals surface area contributed by atoms with Crippen molar-refractivity contribution in [1.82, 2.24) is 0 Å². The van der Waals surface area contributed by atoms with Gasteiger partial charge in [-0.15, -0.1) is 11.3 Å². The van der Waals surface area contributed by atoms with Gasteiger partial charge in [-0.3, -0.25) is 0 Å². The lowest BCUT2D eigenvalue weighted by atomic mass is 9.74. The molecule has 48 heavy (non-hydrogen) atoms. The molecule has 1 heterocycles. The minimum Gasteiger partial charge on any atom is -0.192 e. The van der Waals surface area contributed by atoms with Crippen molar-refractivity contribution in [3.63, 3.8) is 0 Å². The number of fused-ring (bicyclic) bond motifs is 5. The van der Waals surface area contributed by atoms with Crippen molar-refractivity contribution in [2.75, 3.05) is 0 Å². The molecule has 226 valence electrons. The summed E-state index contributed by atoms with van der Waals surface area (Å²) < 4.78 is 2.63. The summed E-state index contributed by atoms with van der Waals surface area (Å²) in [6.45, 7) is 0. The molecule has 0 saturated carbocycles. The Balaban J connectivity index is 1.05. The molecule has 1 unspecified atom stereocenters. The minimum absolute atomic E-state index is 0.390. The molecular formula is C46H31NS. The third kappa shape index (κ3) is 5.01. The average molecular weight is 630 g/mol. The van der Waals surface area contributed by atoms with Crippen LogP contribution in [-0.2, 0) is 0 Å². The van der Waals surface area contributed by atoms with Crippen molar-refractivity contribution in [2.24, 2.45) is 5.92 Å². The first-order valence-corrected chi connectivity index (χ1v) is 17.4. The summed E-state index contributed by atoms with van der Waals surface area (Å²) in [5.74, 6) is 0.390. The number of hydrogen-bond donors (Lipinski definition) is 0. The molecule has 0 N–H and O–H groups in total. The zero-order chi connectivity index (χ0) is 32.0. The van der Waals surface area contributed by atoms with Crippen molar-refractivity contribution in [2.45, 2.75) is 12.8 Å². The molecule has 1 nitrogen and oxygen atoms in total. The van der Waals surface area contributed by atoms with E-state index in [0.717, 1.165) is 24.0 Å². The van der Waals surface area contributed by atoms with E-state index in [4.69, 9.17) is 0 Å². The molecule has 0 fully saturated rings. The molecule has 5 aromatic carbocycles. The van der Waals surface area contributed by atoms with Gasteiger partial charge in [0.05, 0.1) is 11.6 Å². The van der Waals surface area contributed by atoms with Crippen LogP contribution in [0.4, 0.5) is 0 Å². The molecule has 0 amide bonds. The molecule has 0 bridgehead atoms. The van der Waals surface area contributed by atoms with Gasteiger partial charge in [0.1, 0.15) is 0 Å². The third-order valence-corrected chi connectivity index (χ3v) is 11.2. The van der Waals surface area contributed by atoms with Gasteiger partial charge in [0, 0.05) is 26.1 Å². The molecule has 1 atom stereocenters. The summed E-state index contributed by atoms with van der Waals surface area (Å²) in [5, 5.41) is 11.8. The standard InChI is InChI=1S/C46H31NS/c47-29-30-9-11-32(12-10-30)33-14-17-36(18-15-33)41-7-4-8-45-46(41)43-28-39(24-26-44(43)48-45)38-22-21-37-20-19-35-16-13-34(31-5-2-1-3-6-31)23-25-40(35)42(37)27-38/h1-24,26,28,42H,25,27H2. The van der Waals surface area contributed by atoms with Crippen LogP contribution in [0.25, 0.3) is 53.6 Å². The lowest BCUT2D eigenvalue weighted by molar-refractivity contribution is 0.716. The van der Waals surface area contributed by atoms with Crippen LogP contribution in [0, 0.1) is 17.2 Å². The predicted octanol–water partition coefficient (Wildman–Crippen LogP) is 12.5. The zero-order valence-electron chi connectivity index (χ0n) is 26.4. The second-order valence-electron chi connectivity index (χ2n) is 12.8. The summed E-state index contributed by atoms with van der Waals surface area (Å²) in [4.78, 5) is 0. The van der Waals surface area contributed by atoms with Gasteiger partial charge >= 0.3 is 0 Å². The van der Waals surface area contributed by atoms with E-state index in [9.17, 15) is 5.26 Å². The Hall–Kier alpha value is -5.75. The van der Waals surface area contributed by atoms with Crippen molar-refractivity contribution in [1.29, 1.82) is 5.26 Å². The highest BCUT2D eigenvalue weighted by Gasteiger charge is 2.27. The highest BCUT2D eigenvalue weighted by Crippen LogP contribution is 2.45. The van der Waals surface area contributed by atoms with Gasteiger partial charge in [-0.25, -0.2) is 0 Å². The lowest BCUT2D eigenvalue weighted by Crippen LogP contribution is -2.14. The first-order chi connectivity index (χ1) is 23.7. The maximum absolute atomic E-state index is 9.17. The summed E-state index contributed by atoms with van der Waals surface area (Å²) in [6, 6.07) is 43.3. The van der Waals surface area contributed by atoms with Crippen molar-refractivity contribution < 1.29 is 0 Å². The molecular weight excluding hydrogens is 599 g/mol. The summed E-state index contributed by atoms with van der Waals surface area (Å²) in [6.07, 6.45) is 18.3. The second kappa shape index (κ2) is 11.8. The number of rotatable bonds is 4. The molecule has 6 aromatic rings. The fraction of sp³-hybridized carbons (Fsp3) is 0.0652. The Bertz CT molecular complexity index is 2470. The number of allylic oxidation sites excluding steroid dienone is 12. The number of nitriles is 1. The van der Waals surface area contributed by atoms with Crippen molar-refractivity contribution in [3.05, 3.63) is 191 Å². The SMILES string of the molecule is N#Cc1ccc(-c2ccc(-c3cccc4sc5ccc(C6=CC=C7C=CC8=C(CC=C(c9ccccc9)C=C8)C7C6)cc5c34)cc2)cc1. The molecule has 0 aliphatic heterocycles. The van der Waals surface area contributed by atoms with E-state index in [0.29, 0.717) is 11.5 Å². The molecule has 0 spiro atoms. The summed E-state index contributed by atoms with van der Waals surface area (Å²) in [5.41, 5.74) is 15.0. The van der Waals surface area contributed by atoms with Crippen LogP contribution in [0.15, 0.2) is 175 Å². The fourth-order valence-corrected chi connectivity index (χ4v) is 8.62. The van der Waals surface area contributed by atoms with Gasteiger partial charge in [-0.05, 0) is 98.8 Å². The summed E-state index contributed by atoms with van der Waals surface area (Å²) in [7, 11) is 0. The number of thiophene rings is 1. The molecule has 0 radical (unpaired) electrons. The Kier molecular flexibility index (Phi) is 7.00. The highest BCUT2D eigenvalue weighted by atomic mass is 32.1. The smallest absolute Gasteiger partial charge is 0.0991 e. The number of benzene rings is 5. The molecule has 2 heteroatoms. The van der Waals surface area contributed by atoms with Gasteiger partial charge in [0.2, 0.25) is 0 Å². The molecule has 0 saturated heterocycles. The Morgan fingerprint density at radius 3 is 2.19 bits per heavy atom. The lowest BCUT2D eigenvalue weighted by Gasteiger charge is -2.30. The minimum atomic E-state index is 0.390. The van der Waals surface area contributed by atoms with E-state index in [1.165, 1.54) is 70.3 Å². The van der Waals surface area contributed by atoms with E-state index in [-0.39, 0.29) is 0 Å². The Morgan fingerprint density at radius 2 is 1.38 bits per heavy atom. The maximum Gasteiger partial charge on any atom is 0.0991 e. The van der Waals surface area contributed by atoms with Gasteiger partial charge in [-0.1, -0.05) is 133 Å². The highest BCUT2D eigenvalue weighted by molar-refractivity contribution is 7.25. The molecule has 3 aliphatic carbocycles. The van der Waals surface area contributed by atoms with Crippen LogP contribution in [0.5, 0.6) is 0 Å². The first-order valence-electron chi connectivity index (χ1n) is 16.5. The Labute approximate surface area is 285 Å².